The zero-order valence-corrected chi connectivity index (χ0v) is 23.3. The van der Waals surface area contributed by atoms with Crippen LogP contribution in [0.3, 0.4) is 0 Å². The van der Waals surface area contributed by atoms with Crippen molar-refractivity contribution >= 4 is 46.6 Å². The zero-order chi connectivity index (χ0) is 26.6. The van der Waals surface area contributed by atoms with Crippen LogP contribution in [0.2, 0.25) is 10.0 Å². The molecule has 1 aliphatic carbocycles. The number of hydrogen-bond donors (Lipinski definition) is 2. The number of carbonyl (C=O) groups is 1. The predicted octanol–water partition coefficient (Wildman–Crippen LogP) is 7.51. The fourth-order valence-corrected chi connectivity index (χ4v) is 5.41. The van der Waals surface area contributed by atoms with Crippen LogP contribution in [0.4, 0.5) is 11.4 Å². The number of benzene rings is 2. The highest BCUT2D eigenvalue weighted by atomic mass is 35.5. The van der Waals surface area contributed by atoms with Crippen molar-refractivity contribution in [1.29, 1.82) is 0 Å². The molecule has 2 N–H and O–H groups in total. The molecule has 0 spiro atoms. The Morgan fingerprint density at radius 2 is 1.73 bits per heavy atom. The third kappa shape index (κ3) is 6.51. The molecule has 0 saturated heterocycles. The number of aromatic nitrogens is 4. The molecule has 1 saturated carbocycles. The third-order valence-electron chi connectivity index (χ3n) is 6.79. The van der Waals surface area contributed by atoms with E-state index in [4.69, 9.17) is 23.2 Å². The quantitative estimate of drug-likeness (QED) is 0.323. The summed E-state index contributed by atoms with van der Waals surface area (Å²) in [6.07, 6.45) is 9.33. The number of amides is 1. The zero-order valence-electron chi connectivity index (χ0n) is 21.8. The van der Waals surface area contributed by atoms with Crippen LogP contribution in [0.5, 0.6) is 0 Å². The molecule has 0 aliphatic heterocycles. The molecule has 37 heavy (non-hydrogen) atoms. The largest absolute Gasteiger partial charge is 0.373 e. The number of nitrogens with one attached hydrogen (secondary N) is 2. The van der Waals surface area contributed by atoms with E-state index in [9.17, 15) is 4.79 Å². The van der Waals surface area contributed by atoms with Crippen molar-refractivity contribution in [3.8, 4) is 0 Å². The third-order valence-corrected chi connectivity index (χ3v) is 7.35. The Labute approximate surface area is 228 Å². The Kier molecular flexibility index (Phi) is 8.24. The lowest BCUT2D eigenvalue weighted by Crippen LogP contribution is -2.42. The van der Waals surface area contributed by atoms with Gasteiger partial charge in [0.15, 0.2) is 5.82 Å². The molecule has 4 rings (SSSR count). The smallest absolute Gasteiger partial charge is 0.221 e. The second-order valence-corrected chi connectivity index (χ2v) is 11.7. The van der Waals surface area contributed by atoms with Gasteiger partial charge in [0.25, 0.3) is 0 Å². The van der Waals surface area contributed by atoms with Gasteiger partial charge in [0.05, 0.1) is 11.6 Å². The predicted molar refractivity (Wildman–Crippen MR) is 151 cm³/mol. The van der Waals surface area contributed by atoms with Crippen molar-refractivity contribution in [2.75, 3.05) is 10.6 Å². The molecule has 2 aromatic carbocycles. The first-order valence-corrected chi connectivity index (χ1v) is 13.4. The summed E-state index contributed by atoms with van der Waals surface area (Å²) in [5.74, 6) is 0.731. The topological polar surface area (TPSA) is 84.7 Å². The second kappa shape index (κ2) is 11.2. The molecule has 1 atom stereocenters. The van der Waals surface area contributed by atoms with Crippen molar-refractivity contribution in [3.05, 3.63) is 70.0 Å². The number of halogens is 2. The lowest BCUT2D eigenvalue weighted by molar-refractivity contribution is -0.114. The molecule has 1 amide bonds. The van der Waals surface area contributed by atoms with Crippen LogP contribution in [0.1, 0.15) is 77.2 Å². The van der Waals surface area contributed by atoms with E-state index in [0.29, 0.717) is 10.0 Å². The minimum atomic E-state index is -0.410. The highest BCUT2D eigenvalue weighted by Crippen LogP contribution is 2.42. The van der Waals surface area contributed by atoms with E-state index >= 15 is 0 Å². The maximum absolute atomic E-state index is 11.4. The van der Waals surface area contributed by atoms with Gasteiger partial charge in [0.1, 0.15) is 0 Å². The van der Waals surface area contributed by atoms with E-state index in [0.717, 1.165) is 48.4 Å². The number of nitrogens with zero attached hydrogens (tertiary/aromatic N) is 4. The van der Waals surface area contributed by atoms with Crippen molar-refractivity contribution < 1.29 is 4.79 Å². The minimum Gasteiger partial charge on any atom is -0.373 e. The van der Waals surface area contributed by atoms with Gasteiger partial charge in [-0.15, -0.1) is 5.10 Å². The van der Waals surface area contributed by atoms with E-state index < -0.39 is 5.54 Å². The van der Waals surface area contributed by atoms with Gasteiger partial charge in [0, 0.05) is 28.3 Å². The van der Waals surface area contributed by atoms with Gasteiger partial charge >= 0.3 is 0 Å². The molecule has 1 aromatic heterocycles. The Morgan fingerprint density at radius 3 is 2.35 bits per heavy atom. The van der Waals surface area contributed by atoms with E-state index in [-0.39, 0.29) is 17.4 Å². The molecule has 0 radical (unpaired) electrons. The van der Waals surface area contributed by atoms with Crippen molar-refractivity contribution in [1.82, 2.24) is 20.2 Å². The SMILES string of the molecule is CC(=O)Nc1ccc(NC2(c3nnnn3C(/C=C/c3ccc(Cl)cc3Cl)C(C)(C)C)CCCCC2)cc1. The van der Waals surface area contributed by atoms with Gasteiger partial charge in [-0.2, -0.15) is 0 Å². The van der Waals surface area contributed by atoms with Crippen LogP contribution in [-0.2, 0) is 10.3 Å². The lowest BCUT2D eigenvalue weighted by Gasteiger charge is -2.39. The maximum Gasteiger partial charge on any atom is 0.221 e. The molecular weight excluding hydrogens is 507 g/mol. The normalized spacial score (nSPS) is 16.5. The second-order valence-electron chi connectivity index (χ2n) is 10.8. The van der Waals surface area contributed by atoms with Crippen LogP contribution in [0.15, 0.2) is 48.5 Å². The van der Waals surface area contributed by atoms with Crippen LogP contribution < -0.4 is 10.6 Å². The van der Waals surface area contributed by atoms with Crippen LogP contribution in [0.25, 0.3) is 6.08 Å². The fraction of sp³-hybridized carbons (Fsp3) is 0.429. The summed E-state index contributed by atoms with van der Waals surface area (Å²) in [6, 6.07) is 13.1. The van der Waals surface area contributed by atoms with Gasteiger partial charge in [-0.05, 0) is 70.6 Å². The Morgan fingerprint density at radius 1 is 1.05 bits per heavy atom. The molecule has 0 bridgehead atoms. The minimum absolute atomic E-state index is 0.0928. The monoisotopic (exact) mass is 540 g/mol. The first-order chi connectivity index (χ1) is 17.6. The first-order valence-electron chi connectivity index (χ1n) is 12.6. The average Bonchev–Trinajstić information content (AvgIpc) is 3.31. The van der Waals surface area contributed by atoms with E-state index in [1.807, 2.05) is 47.2 Å². The van der Waals surface area contributed by atoms with Gasteiger partial charge < -0.3 is 10.6 Å². The summed E-state index contributed by atoms with van der Waals surface area (Å²) in [7, 11) is 0. The summed E-state index contributed by atoms with van der Waals surface area (Å²) >= 11 is 12.5. The lowest BCUT2D eigenvalue weighted by atomic mass is 9.79. The molecular formula is C28H34Cl2N6O. The average molecular weight is 542 g/mol. The molecule has 7 nitrogen and oxygen atoms in total. The highest BCUT2D eigenvalue weighted by Gasteiger charge is 2.41. The van der Waals surface area contributed by atoms with Crippen LogP contribution in [-0.4, -0.2) is 26.1 Å². The van der Waals surface area contributed by atoms with Crippen molar-refractivity contribution in [3.63, 3.8) is 0 Å². The Balaban J connectivity index is 1.70. The summed E-state index contributed by atoms with van der Waals surface area (Å²) in [6.45, 7) is 8.04. The molecule has 1 aliphatic rings. The van der Waals surface area contributed by atoms with Crippen molar-refractivity contribution in [2.45, 2.75) is 71.4 Å². The number of tetrazole rings is 1. The van der Waals surface area contributed by atoms with Gasteiger partial charge in [-0.3, -0.25) is 4.79 Å². The number of anilines is 2. The summed E-state index contributed by atoms with van der Waals surface area (Å²) in [5, 5.41) is 21.0. The molecule has 1 fully saturated rings. The number of carbonyl (C=O) groups excluding carboxylic acids is 1. The molecule has 3 aromatic rings. The van der Waals surface area contributed by atoms with E-state index in [2.05, 4.69) is 53.0 Å². The molecule has 1 heterocycles. The van der Waals surface area contributed by atoms with Crippen LogP contribution >= 0.6 is 23.2 Å². The van der Waals surface area contributed by atoms with Gasteiger partial charge in [-0.25, -0.2) is 4.68 Å². The number of rotatable bonds is 7. The van der Waals surface area contributed by atoms with Crippen LogP contribution in [0, 0.1) is 5.41 Å². The summed E-state index contributed by atoms with van der Waals surface area (Å²) < 4.78 is 1.96. The van der Waals surface area contributed by atoms with Gasteiger partial charge in [0.2, 0.25) is 5.91 Å². The Hall–Kier alpha value is -2.90. The highest BCUT2D eigenvalue weighted by molar-refractivity contribution is 6.35. The van der Waals surface area contributed by atoms with E-state index in [1.165, 1.54) is 13.3 Å². The van der Waals surface area contributed by atoms with E-state index in [1.54, 1.807) is 6.07 Å². The number of allylic oxidation sites excluding steroid dienone is 1. The fourth-order valence-electron chi connectivity index (χ4n) is 4.94. The summed E-state index contributed by atoms with van der Waals surface area (Å²) in [4.78, 5) is 11.4. The molecule has 9 heteroatoms. The number of hydrogen-bond acceptors (Lipinski definition) is 5. The molecule has 1 unspecified atom stereocenters. The standard InChI is InChI=1S/C28H34Cl2N6O/c1-19(37)31-22-11-13-23(14-12-22)32-28(16-6-5-7-17-28)26-33-34-35-36(26)25(27(2,3)4)15-9-20-8-10-21(29)18-24(20)30/h8-15,18,25,32H,5-7,16-17H2,1-4H3,(H,31,37)/b15-9+. The molecule has 196 valence electrons. The maximum atomic E-state index is 11.4. The first kappa shape index (κ1) is 27.1. The summed E-state index contributed by atoms with van der Waals surface area (Å²) in [5.41, 5.74) is 2.03. The Bertz CT molecular complexity index is 1260. The van der Waals surface area contributed by atoms with Crippen molar-refractivity contribution in [2.24, 2.45) is 5.41 Å². The van der Waals surface area contributed by atoms with Gasteiger partial charge in [-0.1, -0.05) is 81.5 Å².